The number of hydrogen-bond donors (Lipinski definition) is 2. The molecule has 0 aliphatic carbocycles. The number of pyridine rings is 1. The van der Waals surface area contributed by atoms with E-state index in [-0.39, 0.29) is 11.8 Å². The van der Waals surface area contributed by atoms with Gasteiger partial charge in [-0.25, -0.2) is 4.98 Å². The molecule has 0 saturated carbocycles. The highest BCUT2D eigenvalue weighted by Gasteiger charge is 2.07. The van der Waals surface area contributed by atoms with E-state index in [9.17, 15) is 9.59 Å². The molecule has 0 spiro atoms. The fourth-order valence-corrected chi connectivity index (χ4v) is 3.75. The van der Waals surface area contributed by atoms with Gasteiger partial charge in [0.2, 0.25) is 11.8 Å². The molecule has 4 rings (SSSR count). The summed E-state index contributed by atoms with van der Waals surface area (Å²) in [6.07, 6.45) is 4.93. The Morgan fingerprint density at radius 2 is 1.79 bits per heavy atom. The number of nitrogens with zero attached hydrogens (tertiary/aromatic N) is 2. The van der Waals surface area contributed by atoms with Crippen LogP contribution in [0.5, 0.6) is 5.75 Å². The Morgan fingerprint density at radius 1 is 1.00 bits per heavy atom. The summed E-state index contributed by atoms with van der Waals surface area (Å²) in [6.45, 7) is 1.86. The molecule has 7 nitrogen and oxygen atoms in total. The molecular formula is C26H22N4O3S. The highest BCUT2D eigenvalue weighted by molar-refractivity contribution is 7.14. The van der Waals surface area contributed by atoms with Gasteiger partial charge >= 0.3 is 0 Å². The lowest BCUT2D eigenvalue weighted by molar-refractivity contribution is -0.114. The molecule has 0 aliphatic heterocycles. The first-order valence-corrected chi connectivity index (χ1v) is 11.4. The molecule has 2 N–H and O–H groups in total. The molecule has 0 saturated heterocycles. The second-order valence-corrected chi connectivity index (χ2v) is 8.16. The zero-order chi connectivity index (χ0) is 23.8. The van der Waals surface area contributed by atoms with Gasteiger partial charge in [-0.1, -0.05) is 30.3 Å². The molecule has 8 heteroatoms. The lowest BCUT2D eigenvalue weighted by Crippen LogP contribution is -2.07. The van der Waals surface area contributed by atoms with Gasteiger partial charge in [0.1, 0.15) is 12.4 Å². The van der Waals surface area contributed by atoms with Gasteiger partial charge in [-0.3, -0.25) is 19.9 Å². The largest absolute Gasteiger partial charge is 0.487 e. The summed E-state index contributed by atoms with van der Waals surface area (Å²) in [5.41, 5.74) is 4.10. The fourth-order valence-electron chi connectivity index (χ4n) is 3.03. The Kier molecular flexibility index (Phi) is 7.42. The van der Waals surface area contributed by atoms with E-state index in [0.29, 0.717) is 11.7 Å². The molecule has 0 bridgehead atoms. The third kappa shape index (κ3) is 6.60. The minimum absolute atomic E-state index is 0.121. The van der Waals surface area contributed by atoms with E-state index in [1.54, 1.807) is 12.3 Å². The first-order chi connectivity index (χ1) is 16.5. The van der Waals surface area contributed by atoms with Gasteiger partial charge in [0.25, 0.3) is 0 Å². The van der Waals surface area contributed by atoms with Crippen LogP contribution in [0.1, 0.15) is 18.2 Å². The molecule has 2 aromatic heterocycles. The normalized spacial score (nSPS) is 10.7. The van der Waals surface area contributed by atoms with E-state index in [0.717, 1.165) is 34.0 Å². The van der Waals surface area contributed by atoms with Crippen LogP contribution in [0.3, 0.4) is 0 Å². The monoisotopic (exact) mass is 470 g/mol. The SMILES string of the molecule is CC(=O)Nc1ccc(-c2csc(NC(=O)/C=C/c3ccc(OCc4ccccn4)cc3)n2)cc1. The number of nitrogens with one attached hydrogen (secondary N) is 2. The Labute approximate surface area is 201 Å². The van der Waals surface area contributed by atoms with Crippen molar-refractivity contribution in [1.29, 1.82) is 0 Å². The average molecular weight is 471 g/mol. The number of carbonyl (C=O) groups is 2. The molecule has 0 fully saturated rings. The molecule has 4 aromatic rings. The Balaban J connectivity index is 1.29. The van der Waals surface area contributed by atoms with E-state index in [4.69, 9.17) is 4.74 Å². The third-order valence-electron chi connectivity index (χ3n) is 4.66. The Morgan fingerprint density at radius 3 is 2.50 bits per heavy atom. The number of amides is 2. The van der Waals surface area contributed by atoms with Gasteiger partial charge in [-0.15, -0.1) is 11.3 Å². The summed E-state index contributed by atoms with van der Waals surface area (Å²) in [5.74, 6) is 0.342. The molecule has 0 radical (unpaired) electrons. The van der Waals surface area contributed by atoms with Crippen molar-refractivity contribution in [2.75, 3.05) is 10.6 Å². The minimum Gasteiger partial charge on any atom is -0.487 e. The smallest absolute Gasteiger partial charge is 0.250 e. The molecule has 34 heavy (non-hydrogen) atoms. The van der Waals surface area contributed by atoms with Crippen LogP contribution in [-0.2, 0) is 16.2 Å². The summed E-state index contributed by atoms with van der Waals surface area (Å²) in [4.78, 5) is 32.1. The number of benzene rings is 2. The molecular weight excluding hydrogens is 448 g/mol. The lowest BCUT2D eigenvalue weighted by Gasteiger charge is -2.05. The molecule has 0 atom stereocenters. The van der Waals surface area contributed by atoms with Gasteiger partial charge in [0.15, 0.2) is 5.13 Å². The first-order valence-electron chi connectivity index (χ1n) is 10.5. The van der Waals surface area contributed by atoms with Crippen molar-refractivity contribution >= 4 is 40.0 Å². The van der Waals surface area contributed by atoms with Crippen LogP contribution >= 0.6 is 11.3 Å². The summed E-state index contributed by atoms with van der Waals surface area (Å²) in [7, 11) is 0. The summed E-state index contributed by atoms with van der Waals surface area (Å²) < 4.78 is 5.72. The summed E-state index contributed by atoms with van der Waals surface area (Å²) in [5, 5.41) is 7.89. The van der Waals surface area contributed by atoms with Crippen molar-refractivity contribution in [1.82, 2.24) is 9.97 Å². The molecule has 0 unspecified atom stereocenters. The molecule has 170 valence electrons. The second kappa shape index (κ2) is 11.0. The van der Waals surface area contributed by atoms with Gasteiger partial charge in [-0.2, -0.15) is 0 Å². The van der Waals surface area contributed by atoms with E-state index in [2.05, 4.69) is 20.6 Å². The standard InChI is InChI=1S/C26H22N4O3S/c1-18(31)28-21-10-8-20(9-11-21)24-17-34-26(29-24)30-25(32)14-7-19-5-12-23(13-6-19)33-16-22-4-2-3-15-27-22/h2-15,17H,16H2,1H3,(H,28,31)(H,29,30,32)/b14-7+. The summed E-state index contributed by atoms with van der Waals surface area (Å²) >= 11 is 1.35. The van der Waals surface area contributed by atoms with Crippen molar-refractivity contribution in [3.8, 4) is 17.0 Å². The minimum atomic E-state index is -0.266. The number of anilines is 2. The van der Waals surface area contributed by atoms with Gasteiger partial charge in [0, 0.05) is 35.8 Å². The van der Waals surface area contributed by atoms with Crippen LogP contribution in [0.15, 0.2) is 84.4 Å². The average Bonchev–Trinajstić information content (AvgIpc) is 3.31. The quantitative estimate of drug-likeness (QED) is 0.337. The van der Waals surface area contributed by atoms with Gasteiger partial charge in [-0.05, 0) is 48.0 Å². The van der Waals surface area contributed by atoms with Crippen molar-refractivity contribution in [3.63, 3.8) is 0 Å². The number of hydrogen-bond acceptors (Lipinski definition) is 6. The lowest BCUT2D eigenvalue weighted by atomic mass is 10.1. The van der Waals surface area contributed by atoms with Crippen LogP contribution in [0.4, 0.5) is 10.8 Å². The zero-order valence-electron chi connectivity index (χ0n) is 18.4. The molecule has 2 heterocycles. The number of carbonyl (C=O) groups excluding carboxylic acids is 2. The molecule has 2 aromatic carbocycles. The van der Waals surface area contributed by atoms with E-state index in [1.807, 2.05) is 72.1 Å². The van der Waals surface area contributed by atoms with Crippen LogP contribution < -0.4 is 15.4 Å². The van der Waals surface area contributed by atoms with Crippen molar-refractivity contribution in [2.24, 2.45) is 0 Å². The van der Waals surface area contributed by atoms with Crippen LogP contribution in [0.2, 0.25) is 0 Å². The Bertz CT molecular complexity index is 1280. The number of ether oxygens (including phenoxy) is 1. The van der Waals surface area contributed by atoms with Crippen LogP contribution in [-0.4, -0.2) is 21.8 Å². The summed E-state index contributed by atoms with van der Waals surface area (Å²) in [6, 6.07) is 20.5. The molecule has 0 aliphatic rings. The Hall–Kier alpha value is -4.30. The zero-order valence-corrected chi connectivity index (χ0v) is 19.2. The highest BCUT2D eigenvalue weighted by Crippen LogP contribution is 2.26. The fraction of sp³-hybridized carbons (Fsp3) is 0.0769. The topological polar surface area (TPSA) is 93.2 Å². The predicted molar refractivity (Wildman–Crippen MR) is 135 cm³/mol. The number of aromatic nitrogens is 2. The van der Waals surface area contributed by atoms with Crippen LogP contribution in [0.25, 0.3) is 17.3 Å². The van der Waals surface area contributed by atoms with Crippen LogP contribution in [0, 0.1) is 0 Å². The van der Waals surface area contributed by atoms with E-state index >= 15 is 0 Å². The van der Waals surface area contributed by atoms with Crippen molar-refractivity contribution in [2.45, 2.75) is 13.5 Å². The predicted octanol–water partition coefficient (Wildman–Crippen LogP) is 5.39. The highest BCUT2D eigenvalue weighted by atomic mass is 32.1. The van der Waals surface area contributed by atoms with Crippen molar-refractivity contribution in [3.05, 3.63) is 95.6 Å². The van der Waals surface area contributed by atoms with E-state index in [1.165, 1.54) is 24.3 Å². The number of thiazole rings is 1. The maximum absolute atomic E-state index is 12.3. The van der Waals surface area contributed by atoms with E-state index < -0.39 is 0 Å². The van der Waals surface area contributed by atoms with Crippen molar-refractivity contribution < 1.29 is 14.3 Å². The molecule has 2 amide bonds. The first kappa shape index (κ1) is 22.9. The number of rotatable bonds is 8. The maximum atomic E-state index is 12.3. The third-order valence-corrected chi connectivity index (χ3v) is 5.41. The maximum Gasteiger partial charge on any atom is 0.250 e. The van der Waals surface area contributed by atoms with Gasteiger partial charge < -0.3 is 10.1 Å². The van der Waals surface area contributed by atoms with Gasteiger partial charge in [0.05, 0.1) is 11.4 Å². The second-order valence-electron chi connectivity index (χ2n) is 7.30.